The van der Waals surface area contributed by atoms with Gasteiger partial charge >= 0.3 is 0 Å². The predicted octanol–water partition coefficient (Wildman–Crippen LogP) is 3.20. The molecule has 0 aliphatic rings. The van der Waals surface area contributed by atoms with Gasteiger partial charge in [0.2, 0.25) is 0 Å². The maximum Gasteiger partial charge on any atom is 0.0701 e. The smallest absolute Gasteiger partial charge is 0.0701 e. The molecule has 0 fully saturated rings. The van der Waals surface area contributed by atoms with Crippen LogP contribution in [0, 0.1) is 0 Å². The van der Waals surface area contributed by atoms with E-state index in [4.69, 9.17) is 25.8 Å². The topological polar surface area (TPSA) is 27.7 Å². The highest BCUT2D eigenvalue weighted by atomic mass is 35.5. The van der Waals surface area contributed by atoms with Crippen LogP contribution in [0.4, 0.5) is 0 Å². The Morgan fingerprint density at radius 3 is 2.00 bits per heavy atom. The van der Waals surface area contributed by atoms with Gasteiger partial charge in [0.15, 0.2) is 0 Å². The maximum atomic E-state index is 5.58. The van der Waals surface area contributed by atoms with Crippen LogP contribution in [-0.4, -0.2) is 57.0 Å². The average Bonchev–Trinajstić information content (AvgIpc) is 2.39. The molecule has 0 aliphatic carbocycles. The van der Waals surface area contributed by atoms with Crippen molar-refractivity contribution in [2.45, 2.75) is 26.2 Å². The van der Waals surface area contributed by atoms with Crippen molar-refractivity contribution in [3.8, 4) is 0 Å². The van der Waals surface area contributed by atoms with Gasteiger partial charge < -0.3 is 14.2 Å². The van der Waals surface area contributed by atoms with E-state index in [2.05, 4.69) is 6.92 Å². The van der Waals surface area contributed by atoms with Crippen LogP contribution in [-0.2, 0) is 14.2 Å². The summed E-state index contributed by atoms with van der Waals surface area (Å²) >= 11 is 7.47. The van der Waals surface area contributed by atoms with E-state index < -0.39 is 0 Å². The molecule has 0 saturated heterocycles. The first-order valence-electron chi connectivity index (χ1n) is 6.78. The molecule has 0 aromatic heterocycles. The van der Waals surface area contributed by atoms with Crippen LogP contribution in [0.5, 0.6) is 0 Å². The van der Waals surface area contributed by atoms with Gasteiger partial charge in [-0.15, -0.1) is 11.6 Å². The Hall–Kier alpha value is 0.520. The van der Waals surface area contributed by atoms with Gasteiger partial charge in [0.25, 0.3) is 0 Å². The van der Waals surface area contributed by atoms with Gasteiger partial charge in [-0.2, -0.15) is 11.8 Å². The first-order valence-corrected chi connectivity index (χ1v) is 8.47. The first-order chi connectivity index (χ1) is 8.91. The molecule has 0 N–H and O–H groups in total. The lowest BCUT2D eigenvalue weighted by Gasteiger charge is -2.06. The number of halogens is 1. The van der Waals surface area contributed by atoms with Crippen LogP contribution in [0.2, 0.25) is 0 Å². The second kappa shape index (κ2) is 17.5. The van der Waals surface area contributed by atoms with Gasteiger partial charge in [-0.25, -0.2) is 0 Å². The molecule has 0 rings (SSSR count). The minimum Gasteiger partial charge on any atom is -0.379 e. The van der Waals surface area contributed by atoms with Crippen molar-refractivity contribution in [3.63, 3.8) is 0 Å². The maximum absolute atomic E-state index is 5.58. The van der Waals surface area contributed by atoms with Crippen LogP contribution in [0.3, 0.4) is 0 Å². The summed E-state index contributed by atoms with van der Waals surface area (Å²) in [4.78, 5) is 0. The number of rotatable bonds is 15. The molecule has 0 amide bonds. The summed E-state index contributed by atoms with van der Waals surface area (Å²) in [6, 6.07) is 0. The van der Waals surface area contributed by atoms with Gasteiger partial charge in [-0.05, 0) is 18.6 Å². The third-order valence-electron chi connectivity index (χ3n) is 2.18. The zero-order chi connectivity index (χ0) is 13.3. The second-order valence-corrected chi connectivity index (χ2v) is 5.45. The molecule has 0 aromatic carbocycles. The zero-order valence-corrected chi connectivity index (χ0v) is 13.1. The number of ether oxygens (including phenoxy) is 3. The lowest BCUT2D eigenvalue weighted by atomic mass is 10.4. The van der Waals surface area contributed by atoms with Gasteiger partial charge in [0, 0.05) is 18.2 Å². The van der Waals surface area contributed by atoms with Crippen LogP contribution in [0.15, 0.2) is 0 Å². The van der Waals surface area contributed by atoms with Crippen molar-refractivity contribution in [3.05, 3.63) is 0 Å². The Labute approximate surface area is 121 Å². The van der Waals surface area contributed by atoms with Crippen LogP contribution in [0.1, 0.15) is 26.2 Å². The quantitative estimate of drug-likeness (QED) is 0.343. The summed E-state index contributed by atoms with van der Waals surface area (Å²) in [5.74, 6) is 2.91. The van der Waals surface area contributed by atoms with Crippen molar-refractivity contribution >= 4 is 23.4 Å². The fourth-order valence-electron chi connectivity index (χ4n) is 1.16. The third kappa shape index (κ3) is 16.5. The number of hydrogen-bond donors (Lipinski definition) is 0. The standard InChI is InChI=1S/C13H27ClO3S/c1-2-3-6-15-7-8-16-9-10-17-11-13-18-12-4-5-14/h2-13H2,1H3. The minimum atomic E-state index is 0.656. The molecule has 0 bridgehead atoms. The van der Waals surface area contributed by atoms with E-state index in [9.17, 15) is 0 Å². The minimum absolute atomic E-state index is 0.656. The van der Waals surface area contributed by atoms with E-state index in [0.717, 1.165) is 43.4 Å². The normalized spacial score (nSPS) is 11.0. The SMILES string of the molecule is CCCCOCCOCCOCCSCCCCl. The summed E-state index contributed by atoms with van der Waals surface area (Å²) in [6.45, 7) is 6.48. The monoisotopic (exact) mass is 298 g/mol. The average molecular weight is 299 g/mol. The molecule has 0 aliphatic heterocycles. The van der Waals surface area contributed by atoms with Gasteiger partial charge in [-0.3, -0.25) is 0 Å². The molecule has 110 valence electrons. The van der Waals surface area contributed by atoms with Crippen LogP contribution < -0.4 is 0 Å². The highest BCUT2D eigenvalue weighted by Crippen LogP contribution is 2.02. The Kier molecular flexibility index (Phi) is 18.0. The summed E-state index contributed by atoms with van der Waals surface area (Å²) in [6.07, 6.45) is 3.38. The predicted molar refractivity (Wildman–Crippen MR) is 80.0 cm³/mol. The fourth-order valence-corrected chi connectivity index (χ4v) is 2.25. The van der Waals surface area contributed by atoms with E-state index in [1.807, 2.05) is 11.8 Å². The van der Waals surface area contributed by atoms with E-state index in [1.54, 1.807) is 0 Å². The molecule has 5 heteroatoms. The second-order valence-electron chi connectivity index (χ2n) is 3.85. The molecule has 0 unspecified atom stereocenters. The Bertz CT molecular complexity index is 134. The van der Waals surface area contributed by atoms with Crippen molar-refractivity contribution in [1.29, 1.82) is 0 Å². The first kappa shape index (κ1) is 18.5. The highest BCUT2D eigenvalue weighted by Gasteiger charge is 1.92. The van der Waals surface area contributed by atoms with E-state index in [0.29, 0.717) is 26.4 Å². The van der Waals surface area contributed by atoms with Crippen molar-refractivity contribution < 1.29 is 14.2 Å². The van der Waals surface area contributed by atoms with Crippen LogP contribution in [0.25, 0.3) is 0 Å². The lowest BCUT2D eigenvalue weighted by Crippen LogP contribution is -2.10. The van der Waals surface area contributed by atoms with Crippen LogP contribution >= 0.6 is 23.4 Å². The molecule has 0 heterocycles. The van der Waals surface area contributed by atoms with Gasteiger partial charge in [0.1, 0.15) is 0 Å². The Balaban J connectivity index is 2.86. The molecule has 0 saturated carbocycles. The van der Waals surface area contributed by atoms with E-state index in [1.165, 1.54) is 6.42 Å². The third-order valence-corrected chi connectivity index (χ3v) is 3.48. The van der Waals surface area contributed by atoms with Crippen molar-refractivity contribution in [1.82, 2.24) is 0 Å². The Morgan fingerprint density at radius 2 is 1.39 bits per heavy atom. The number of alkyl halides is 1. The molecule has 0 radical (unpaired) electrons. The van der Waals surface area contributed by atoms with E-state index >= 15 is 0 Å². The summed E-state index contributed by atoms with van der Waals surface area (Å²) in [5.41, 5.74) is 0. The number of unbranched alkanes of at least 4 members (excludes halogenated alkanes) is 1. The van der Waals surface area contributed by atoms with Crippen molar-refractivity contribution in [2.24, 2.45) is 0 Å². The summed E-state index contributed by atoms with van der Waals surface area (Å²) < 4.78 is 16.2. The van der Waals surface area contributed by atoms with E-state index in [-0.39, 0.29) is 0 Å². The summed E-state index contributed by atoms with van der Waals surface area (Å²) in [7, 11) is 0. The molecule has 0 spiro atoms. The molecular weight excluding hydrogens is 272 g/mol. The number of thioether (sulfide) groups is 1. The van der Waals surface area contributed by atoms with Gasteiger partial charge in [0.05, 0.1) is 33.0 Å². The highest BCUT2D eigenvalue weighted by molar-refractivity contribution is 7.99. The number of hydrogen-bond acceptors (Lipinski definition) is 4. The molecule has 0 aromatic rings. The molecule has 18 heavy (non-hydrogen) atoms. The molecular formula is C13H27ClO3S. The summed E-state index contributed by atoms with van der Waals surface area (Å²) in [5, 5.41) is 0. The largest absolute Gasteiger partial charge is 0.379 e. The zero-order valence-electron chi connectivity index (χ0n) is 11.5. The molecule has 0 atom stereocenters. The Morgan fingerprint density at radius 1 is 0.778 bits per heavy atom. The lowest BCUT2D eigenvalue weighted by molar-refractivity contribution is 0.0169. The molecule has 3 nitrogen and oxygen atoms in total. The fraction of sp³-hybridized carbons (Fsp3) is 1.00. The van der Waals surface area contributed by atoms with Gasteiger partial charge in [-0.1, -0.05) is 13.3 Å². The van der Waals surface area contributed by atoms with Crippen molar-refractivity contribution in [2.75, 3.05) is 57.0 Å².